The number of rotatable bonds is 3. The summed E-state index contributed by atoms with van der Waals surface area (Å²) in [5.41, 5.74) is 6.24. The molecule has 2 rings (SSSR count). The largest absolute Gasteiger partial charge is 0.0693 e. The predicted molar refractivity (Wildman–Crippen MR) is 89.1 cm³/mol. The van der Waals surface area contributed by atoms with E-state index in [4.69, 9.17) is 0 Å². The number of hydrogen-bond acceptors (Lipinski definition) is 0. The SMILES string of the molecule is CC1=C(C[Si](C)(C)C)c2c(cccc2[SiH](C)C)[CH]1. The van der Waals surface area contributed by atoms with Gasteiger partial charge in [-0.05, 0) is 29.7 Å². The lowest BCUT2D eigenvalue weighted by Gasteiger charge is -2.21. The summed E-state index contributed by atoms with van der Waals surface area (Å²) in [5, 5.41) is 1.66. The molecule has 0 heterocycles. The van der Waals surface area contributed by atoms with E-state index in [0.29, 0.717) is 0 Å². The Morgan fingerprint density at radius 1 is 1.11 bits per heavy atom. The van der Waals surface area contributed by atoms with Gasteiger partial charge in [-0.25, -0.2) is 0 Å². The summed E-state index contributed by atoms with van der Waals surface area (Å²) in [5.74, 6) is 0. The summed E-state index contributed by atoms with van der Waals surface area (Å²) in [4.78, 5) is 0. The van der Waals surface area contributed by atoms with E-state index >= 15 is 0 Å². The first-order valence-electron chi connectivity index (χ1n) is 6.97. The second-order valence-electron chi connectivity index (χ2n) is 7.01. The van der Waals surface area contributed by atoms with Gasteiger partial charge >= 0.3 is 0 Å². The molecule has 1 radical (unpaired) electrons. The molecule has 0 bridgehead atoms. The van der Waals surface area contributed by atoms with Crippen molar-refractivity contribution >= 4 is 27.6 Å². The second kappa shape index (κ2) is 4.82. The van der Waals surface area contributed by atoms with Crippen LogP contribution in [0, 0.1) is 6.42 Å². The number of benzene rings is 1. The third-order valence-corrected chi connectivity index (χ3v) is 6.75. The highest BCUT2D eigenvalue weighted by Crippen LogP contribution is 2.38. The van der Waals surface area contributed by atoms with Crippen LogP contribution >= 0.6 is 0 Å². The molecular weight excluding hydrogens is 248 g/mol. The fourth-order valence-electron chi connectivity index (χ4n) is 2.81. The van der Waals surface area contributed by atoms with Gasteiger partial charge in [0.05, 0.1) is 8.80 Å². The topological polar surface area (TPSA) is 0 Å². The maximum absolute atomic E-state index is 2.47. The van der Waals surface area contributed by atoms with Crippen molar-refractivity contribution in [3.63, 3.8) is 0 Å². The van der Waals surface area contributed by atoms with Gasteiger partial charge in [-0.1, -0.05) is 61.7 Å². The summed E-state index contributed by atoms with van der Waals surface area (Å²) in [7, 11) is -1.80. The van der Waals surface area contributed by atoms with E-state index in [1.54, 1.807) is 16.3 Å². The monoisotopic (exact) mass is 273 g/mol. The molecular formula is C16H25Si2. The molecule has 2 heteroatoms. The van der Waals surface area contributed by atoms with Crippen LogP contribution in [0.3, 0.4) is 0 Å². The number of fused-ring (bicyclic) bond motifs is 1. The highest BCUT2D eigenvalue weighted by atomic mass is 28.3. The molecule has 0 N–H and O–H groups in total. The summed E-state index contributed by atoms with van der Waals surface area (Å²) < 4.78 is 0. The van der Waals surface area contributed by atoms with Gasteiger partial charge in [0.15, 0.2) is 0 Å². The molecule has 1 aliphatic rings. The highest BCUT2D eigenvalue weighted by molar-refractivity contribution is 6.78. The molecule has 0 fully saturated rings. The molecule has 0 saturated heterocycles. The van der Waals surface area contributed by atoms with Gasteiger partial charge in [0.25, 0.3) is 0 Å². The summed E-state index contributed by atoms with van der Waals surface area (Å²) >= 11 is 0. The van der Waals surface area contributed by atoms with Crippen molar-refractivity contribution in [3.8, 4) is 0 Å². The molecule has 0 amide bonds. The average Bonchev–Trinajstić information content (AvgIpc) is 2.53. The first kappa shape index (κ1) is 13.8. The van der Waals surface area contributed by atoms with Crippen LogP contribution in [0.25, 0.3) is 5.57 Å². The molecule has 0 aromatic heterocycles. The quantitative estimate of drug-likeness (QED) is 0.729. The van der Waals surface area contributed by atoms with Crippen LogP contribution in [-0.2, 0) is 0 Å². The Labute approximate surface area is 115 Å². The smallest absolute Gasteiger partial charge is 0.0655 e. The molecule has 1 aromatic carbocycles. The molecule has 1 aromatic rings. The van der Waals surface area contributed by atoms with Crippen molar-refractivity contribution in [3.05, 3.63) is 41.3 Å². The van der Waals surface area contributed by atoms with Crippen LogP contribution in [-0.4, -0.2) is 16.9 Å². The lowest BCUT2D eigenvalue weighted by atomic mass is 10.1. The van der Waals surface area contributed by atoms with Crippen LogP contribution in [0.1, 0.15) is 18.1 Å². The molecule has 0 spiro atoms. The Balaban J connectivity index is 2.50. The van der Waals surface area contributed by atoms with Crippen LogP contribution in [0.4, 0.5) is 0 Å². The zero-order chi connectivity index (χ0) is 13.5. The van der Waals surface area contributed by atoms with Gasteiger partial charge in [-0.3, -0.25) is 0 Å². The third kappa shape index (κ3) is 2.70. The summed E-state index contributed by atoms with van der Waals surface area (Å²) in [6.07, 6.45) is 2.39. The molecule has 1 aliphatic carbocycles. The molecule has 18 heavy (non-hydrogen) atoms. The van der Waals surface area contributed by atoms with Crippen molar-refractivity contribution < 1.29 is 0 Å². The van der Waals surface area contributed by atoms with Crippen LogP contribution in [0.2, 0.25) is 38.8 Å². The number of hydrogen-bond donors (Lipinski definition) is 0. The molecule has 0 atom stereocenters. The maximum Gasteiger partial charge on any atom is 0.0655 e. The van der Waals surface area contributed by atoms with Crippen LogP contribution in [0.15, 0.2) is 23.8 Å². The van der Waals surface area contributed by atoms with E-state index in [2.05, 4.69) is 64.3 Å². The van der Waals surface area contributed by atoms with Crippen molar-refractivity contribution in [2.75, 3.05) is 0 Å². The average molecular weight is 274 g/mol. The van der Waals surface area contributed by atoms with Gasteiger partial charge < -0.3 is 0 Å². The van der Waals surface area contributed by atoms with Gasteiger partial charge in [0.1, 0.15) is 0 Å². The van der Waals surface area contributed by atoms with E-state index in [1.807, 2.05) is 0 Å². The van der Waals surface area contributed by atoms with E-state index in [0.717, 1.165) is 0 Å². The predicted octanol–water partition coefficient (Wildman–Crippen LogP) is 4.06. The summed E-state index contributed by atoms with van der Waals surface area (Å²) in [6.45, 7) is 14.6. The van der Waals surface area contributed by atoms with E-state index in [9.17, 15) is 0 Å². The molecule has 0 aliphatic heterocycles. The van der Waals surface area contributed by atoms with Crippen LogP contribution < -0.4 is 5.19 Å². The zero-order valence-electron chi connectivity index (χ0n) is 12.6. The standard InChI is InChI=1S/C16H25Si2/c1-12-10-13-8-7-9-15(17(2)3)16(13)14(12)11-18(4,5)6/h7-10,17H,11H2,1-6H3. The molecule has 97 valence electrons. The minimum absolute atomic E-state index is 0.746. The first-order chi connectivity index (χ1) is 8.29. The van der Waals surface area contributed by atoms with Crippen molar-refractivity contribution in [2.24, 2.45) is 0 Å². The van der Waals surface area contributed by atoms with Crippen molar-refractivity contribution in [2.45, 2.75) is 45.7 Å². The zero-order valence-corrected chi connectivity index (χ0v) is 14.7. The Bertz CT molecular complexity index is 490. The van der Waals surface area contributed by atoms with Crippen LogP contribution in [0.5, 0.6) is 0 Å². The van der Waals surface area contributed by atoms with E-state index in [-0.39, 0.29) is 0 Å². The Hall–Kier alpha value is -0.606. The molecule has 0 unspecified atom stereocenters. The number of allylic oxidation sites excluding steroid dienone is 2. The lowest BCUT2D eigenvalue weighted by molar-refractivity contribution is 1.43. The molecule has 0 saturated carbocycles. The molecule has 0 nitrogen and oxygen atoms in total. The lowest BCUT2D eigenvalue weighted by Crippen LogP contribution is -2.28. The summed E-state index contributed by atoms with van der Waals surface area (Å²) in [6, 6.07) is 8.21. The normalized spacial score (nSPS) is 15.5. The first-order valence-corrected chi connectivity index (χ1v) is 13.6. The fourth-order valence-corrected chi connectivity index (χ4v) is 5.74. The third-order valence-electron chi connectivity index (χ3n) is 3.61. The highest BCUT2D eigenvalue weighted by Gasteiger charge is 2.27. The Morgan fingerprint density at radius 3 is 2.33 bits per heavy atom. The van der Waals surface area contributed by atoms with Gasteiger partial charge in [0.2, 0.25) is 0 Å². The van der Waals surface area contributed by atoms with Gasteiger partial charge in [0, 0.05) is 14.5 Å². The van der Waals surface area contributed by atoms with Gasteiger partial charge in [-0.2, -0.15) is 0 Å². The van der Waals surface area contributed by atoms with E-state index in [1.165, 1.54) is 17.2 Å². The Morgan fingerprint density at radius 2 is 1.78 bits per heavy atom. The second-order valence-corrected chi connectivity index (χ2v) is 15.4. The minimum atomic E-state index is -1.05. The fraction of sp³-hybridized carbons (Fsp3) is 0.438. The van der Waals surface area contributed by atoms with Crippen molar-refractivity contribution in [1.82, 2.24) is 0 Å². The Kier molecular flexibility index (Phi) is 3.70. The van der Waals surface area contributed by atoms with Crippen molar-refractivity contribution in [1.29, 1.82) is 0 Å². The minimum Gasteiger partial charge on any atom is -0.0693 e. The van der Waals surface area contributed by atoms with Gasteiger partial charge in [-0.15, -0.1) is 0 Å². The maximum atomic E-state index is 2.47. The van der Waals surface area contributed by atoms with E-state index < -0.39 is 16.9 Å².